The zero-order valence-corrected chi connectivity index (χ0v) is 22.8. The van der Waals surface area contributed by atoms with Gasteiger partial charge in [0.05, 0.1) is 38.2 Å². The molecule has 0 radical (unpaired) electrons. The molecule has 208 valence electrons. The second-order valence-electron chi connectivity index (χ2n) is 8.35. The van der Waals surface area contributed by atoms with Crippen molar-refractivity contribution in [3.63, 3.8) is 0 Å². The fourth-order valence-electron chi connectivity index (χ4n) is 3.76. The van der Waals surface area contributed by atoms with Crippen molar-refractivity contribution in [3.05, 3.63) is 5.28 Å². The number of methoxy groups -OCH3 is 1. The summed E-state index contributed by atoms with van der Waals surface area (Å²) >= 11 is 6.20. The first kappa shape index (κ1) is 29.3. The smallest absolute Gasteiger partial charge is 0.435 e. The molecule has 0 aliphatic carbocycles. The van der Waals surface area contributed by atoms with Gasteiger partial charge in [-0.1, -0.05) is 0 Å². The fourth-order valence-corrected chi connectivity index (χ4v) is 4.67. The van der Waals surface area contributed by atoms with Crippen LogP contribution in [0.3, 0.4) is 0 Å². The molecule has 2 aliphatic rings. The minimum Gasteiger partial charge on any atom is -0.435 e. The standard InChI is InChI=1S/C21H34ClN6O8P/c1-4-34-21(30)35-13-36-37(31)11-16(29)27(2)9-15(32-3)5-7-28-12-23-17-18(24-14-6-8-33-10-14)25-20(22)26-19(17)28/h14-15,23,31H,4-13H2,1-3H3,(H,24,25,26). The third-order valence-electron chi connectivity index (χ3n) is 5.75. The Morgan fingerprint density at radius 1 is 1.41 bits per heavy atom. The number of rotatable bonds is 14. The molecular weight excluding hydrogens is 531 g/mol. The first-order valence-electron chi connectivity index (χ1n) is 11.9. The number of hydrogen-bond donors (Lipinski definition) is 3. The molecule has 0 bridgehead atoms. The van der Waals surface area contributed by atoms with Crippen LogP contribution >= 0.6 is 20.0 Å². The molecule has 1 aromatic rings. The number of amides is 1. The third-order valence-corrected chi connectivity index (χ3v) is 6.86. The van der Waals surface area contributed by atoms with Crippen LogP contribution in [0, 0.1) is 0 Å². The molecule has 1 fully saturated rings. The van der Waals surface area contributed by atoms with Crippen LogP contribution in [0.4, 0.5) is 22.1 Å². The number of halogens is 1. The van der Waals surface area contributed by atoms with Gasteiger partial charge in [0.15, 0.2) is 20.0 Å². The minimum absolute atomic E-state index is 0.151. The SMILES string of the molecule is CCOC(=O)OCOP(O)CC(=O)N(C)CC(CCN1CNc2c(NC3CCOC3)nc(Cl)nc21)OC. The summed E-state index contributed by atoms with van der Waals surface area (Å²) in [6.07, 6.45) is 0.0931. The van der Waals surface area contributed by atoms with Crippen molar-refractivity contribution in [1.82, 2.24) is 14.9 Å². The maximum absolute atomic E-state index is 12.5. The molecule has 3 heterocycles. The van der Waals surface area contributed by atoms with Gasteiger partial charge in [-0.3, -0.25) is 9.32 Å². The maximum atomic E-state index is 12.5. The van der Waals surface area contributed by atoms with Crippen LogP contribution in [0.15, 0.2) is 0 Å². The Morgan fingerprint density at radius 3 is 2.92 bits per heavy atom. The second kappa shape index (κ2) is 14.6. The predicted octanol–water partition coefficient (Wildman–Crippen LogP) is 1.84. The Kier molecular flexibility index (Phi) is 11.6. The number of anilines is 3. The van der Waals surface area contributed by atoms with E-state index in [0.717, 1.165) is 12.1 Å². The van der Waals surface area contributed by atoms with Crippen LogP contribution in [-0.2, 0) is 28.3 Å². The van der Waals surface area contributed by atoms with E-state index in [0.29, 0.717) is 51.0 Å². The Hall–Kier alpha value is -2.22. The highest BCUT2D eigenvalue weighted by molar-refractivity contribution is 7.47. The maximum Gasteiger partial charge on any atom is 0.510 e. The number of nitrogens with one attached hydrogen (secondary N) is 2. The van der Waals surface area contributed by atoms with Crippen molar-refractivity contribution in [1.29, 1.82) is 0 Å². The van der Waals surface area contributed by atoms with Crippen molar-refractivity contribution in [2.75, 3.05) is 82.2 Å². The van der Waals surface area contributed by atoms with Crippen molar-refractivity contribution in [3.8, 4) is 0 Å². The number of ether oxygens (including phenoxy) is 4. The quantitative estimate of drug-likeness (QED) is 0.130. The van der Waals surface area contributed by atoms with Crippen LogP contribution in [0.25, 0.3) is 0 Å². The molecule has 0 spiro atoms. The van der Waals surface area contributed by atoms with Crippen LogP contribution in [0.2, 0.25) is 5.28 Å². The van der Waals surface area contributed by atoms with Gasteiger partial charge in [-0.2, -0.15) is 9.97 Å². The zero-order valence-electron chi connectivity index (χ0n) is 21.1. The van der Waals surface area contributed by atoms with Gasteiger partial charge < -0.3 is 44.3 Å². The molecule has 37 heavy (non-hydrogen) atoms. The van der Waals surface area contributed by atoms with E-state index in [1.54, 1.807) is 21.1 Å². The monoisotopic (exact) mass is 564 g/mol. The molecule has 0 saturated carbocycles. The van der Waals surface area contributed by atoms with E-state index in [4.69, 9.17) is 25.6 Å². The predicted molar refractivity (Wildman–Crippen MR) is 137 cm³/mol. The molecule has 3 N–H and O–H groups in total. The van der Waals surface area contributed by atoms with Crippen molar-refractivity contribution in [2.24, 2.45) is 0 Å². The van der Waals surface area contributed by atoms with Crippen molar-refractivity contribution >= 4 is 49.4 Å². The van der Waals surface area contributed by atoms with Crippen LogP contribution in [-0.4, -0.2) is 111 Å². The number of fused-ring (bicyclic) bond motifs is 1. The van der Waals surface area contributed by atoms with Gasteiger partial charge in [0.2, 0.25) is 18.0 Å². The molecule has 3 atom stereocenters. The van der Waals surface area contributed by atoms with E-state index in [-0.39, 0.29) is 36.1 Å². The number of carbonyl (C=O) groups is 2. The lowest BCUT2D eigenvalue weighted by Gasteiger charge is -2.26. The summed E-state index contributed by atoms with van der Waals surface area (Å²) in [5, 5.41) is 6.86. The van der Waals surface area contributed by atoms with Gasteiger partial charge in [0.25, 0.3) is 0 Å². The number of carbonyl (C=O) groups excluding carboxylic acids is 2. The normalized spacial score (nSPS) is 18.1. The Bertz CT molecular complexity index is 912. The molecule has 1 saturated heterocycles. The van der Waals surface area contributed by atoms with E-state index in [9.17, 15) is 14.5 Å². The number of nitrogens with zero attached hydrogens (tertiary/aromatic N) is 4. The van der Waals surface area contributed by atoms with E-state index in [2.05, 4.69) is 30.1 Å². The molecule has 0 aromatic carbocycles. The molecule has 3 unspecified atom stereocenters. The highest BCUT2D eigenvalue weighted by Gasteiger charge is 2.28. The van der Waals surface area contributed by atoms with Crippen molar-refractivity contribution in [2.45, 2.75) is 31.9 Å². The van der Waals surface area contributed by atoms with Crippen LogP contribution < -0.4 is 15.5 Å². The summed E-state index contributed by atoms with van der Waals surface area (Å²) in [5.74, 6) is 1.02. The summed E-state index contributed by atoms with van der Waals surface area (Å²) in [4.78, 5) is 45.8. The van der Waals surface area contributed by atoms with Gasteiger partial charge >= 0.3 is 6.16 Å². The average molecular weight is 565 g/mol. The number of aromatic nitrogens is 2. The Balaban J connectivity index is 1.46. The van der Waals surface area contributed by atoms with Gasteiger partial charge in [-0.25, -0.2) is 4.79 Å². The van der Waals surface area contributed by atoms with Crippen LogP contribution in [0.1, 0.15) is 19.8 Å². The van der Waals surface area contributed by atoms with Gasteiger partial charge in [-0.15, -0.1) is 0 Å². The lowest BCUT2D eigenvalue weighted by atomic mass is 10.2. The molecule has 1 amide bonds. The highest BCUT2D eigenvalue weighted by Crippen LogP contribution is 2.37. The molecular formula is C21H34ClN6O8P. The summed E-state index contributed by atoms with van der Waals surface area (Å²) in [6, 6.07) is 0.173. The van der Waals surface area contributed by atoms with E-state index < -0.39 is 21.3 Å². The van der Waals surface area contributed by atoms with Crippen LogP contribution in [0.5, 0.6) is 0 Å². The third kappa shape index (κ3) is 8.94. The summed E-state index contributed by atoms with van der Waals surface area (Å²) in [7, 11) is 1.10. The molecule has 1 aromatic heterocycles. The molecule has 3 rings (SSSR count). The molecule has 16 heteroatoms. The lowest BCUT2D eigenvalue weighted by molar-refractivity contribution is -0.128. The summed E-state index contributed by atoms with van der Waals surface area (Å²) in [5.41, 5.74) is 0.792. The first-order chi connectivity index (χ1) is 17.8. The number of hydrogen-bond acceptors (Lipinski definition) is 13. The Labute approximate surface area is 221 Å². The topological polar surface area (TPSA) is 157 Å². The summed E-state index contributed by atoms with van der Waals surface area (Å²) in [6.45, 7) is 4.07. The zero-order chi connectivity index (χ0) is 26.8. The molecule has 14 nitrogen and oxygen atoms in total. The Morgan fingerprint density at radius 2 is 2.22 bits per heavy atom. The van der Waals surface area contributed by atoms with E-state index in [1.165, 1.54) is 4.90 Å². The van der Waals surface area contributed by atoms with E-state index in [1.807, 2.05) is 4.90 Å². The van der Waals surface area contributed by atoms with Gasteiger partial charge in [0.1, 0.15) is 5.69 Å². The summed E-state index contributed by atoms with van der Waals surface area (Å²) < 4.78 is 25.2. The van der Waals surface area contributed by atoms with Gasteiger partial charge in [-0.05, 0) is 31.4 Å². The first-order valence-corrected chi connectivity index (χ1v) is 13.6. The fraction of sp³-hybridized carbons (Fsp3) is 0.714. The largest absolute Gasteiger partial charge is 0.510 e. The minimum atomic E-state index is -2.10. The van der Waals surface area contributed by atoms with Gasteiger partial charge in [0, 0.05) is 33.9 Å². The number of likely N-dealkylation sites (N-methyl/N-ethyl adjacent to an activating group) is 1. The lowest BCUT2D eigenvalue weighted by Crippen LogP contribution is -2.38. The molecule has 2 aliphatic heterocycles. The highest BCUT2D eigenvalue weighted by atomic mass is 35.5. The second-order valence-corrected chi connectivity index (χ2v) is 9.97. The average Bonchev–Trinajstić information content (AvgIpc) is 3.51. The van der Waals surface area contributed by atoms with Crippen molar-refractivity contribution < 1.29 is 38.0 Å². The van der Waals surface area contributed by atoms with E-state index >= 15 is 0 Å².